The molecule has 1 unspecified atom stereocenters. The van der Waals surface area contributed by atoms with Gasteiger partial charge in [0.05, 0.1) is 0 Å². The SMILES string of the molecule is NCCN(Cc1cccc2c1CN(C1CCC(=O)NC1=O)C2=O)C1CCCC1. The number of fused-ring (bicyclic) bond motifs is 1. The van der Waals surface area contributed by atoms with Crippen LogP contribution in [0.3, 0.4) is 0 Å². The number of hydrogen-bond acceptors (Lipinski definition) is 5. The maximum absolute atomic E-state index is 13.0. The van der Waals surface area contributed by atoms with Gasteiger partial charge in [-0.1, -0.05) is 25.0 Å². The third-order valence-corrected chi connectivity index (χ3v) is 6.31. The Morgan fingerprint density at radius 2 is 1.93 bits per heavy atom. The molecule has 2 heterocycles. The second-order valence-corrected chi connectivity index (χ2v) is 8.04. The monoisotopic (exact) mass is 384 g/mol. The van der Waals surface area contributed by atoms with Crippen molar-refractivity contribution in [1.82, 2.24) is 15.1 Å². The minimum absolute atomic E-state index is 0.113. The molecule has 1 aromatic carbocycles. The van der Waals surface area contributed by atoms with Crippen LogP contribution in [0.5, 0.6) is 0 Å². The number of nitrogens with zero attached hydrogens (tertiary/aromatic N) is 2. The third kappa shape index (κ3) is 3.56. The van der Waals surface area contributed by atoms with Crippen LogP contribution < -0.4 is 11.1 Å². The van der Waals surface area contributed by atoms with E-state index >= 15 is 0 Å². The lowest BCUT2D eigenvalue weighted by molar-refractivity contribution is -0.136. The quantitative estimate of drug-likeness (QED) is 0.718. The number of imide groups is 1. The summed E-state index contributed by atoms with van der Waals surface area (Å²) >= 11 is 0. The van der Waals surface area contributed by atoms with Crippen molar-refractivity contribution >= 4 is 17.7 Å². The fraction of sp³-hybridized carbons (Fsp3) is 0.571. The molecule has 1 aliphatic carbocycles. The molecule has 4 rings (SSSR count). The average Bonchev–Trinajstić information content (AvgIpc) is 3.31. The van der Waals surface area contributed by atoms with Crippen LogP contribution in [0.15, 0.2) is 18.2 Å². The first-order valence-electron chi connectivity index (χ1n) is 10.3. The lowest BCUT2D eigenvalue weighted by Gasteiger charge is -2.30. The molecule has 3 aliphatic rings. The minimum Gasteiger partial charge on any atom is -0.329 e. The second kappa shape index (κ2) is 8.01. The van der Waals surface area contributed by atoms with Crippen LogP contribution in [-0.4, -0.2) is 52.7 Å². The van der Waals surface area contributed by atoms with Crippen molar-refractivity contribution in [2.45, 2.75) is 63.7 Å². The Hall–Kier alpha value is -2.25. The highest BCUT2D eigenvalue weighted by molar-refractivity contribution is 6.05. The van der Waals surface area contributed by atoms with Crippen molar-refractivity contribution in [2.75, 3.05) is 13.1 Å². The molecule has 150 valence electrons. The molecule has 3 amide bonds. The van der Waals surface area contributed by atoms with Gasteiger partial charge in [0.2, 0.25) is 11.8 Å². The predicted molar refractivity (Wildman–Crippen MR) is 104 cm³/mol. The minimum atomic E-state index is -0.569. The second-order valence-electron chi connectivity index (χ2n) is 8.04. The van der Waals surface area contributed by atoms with Crippen LogP contribution in [0.4, 0.5) is 0 Å². The summed E-state index contributed by atoms with van der Waals surface area (Å²) in [5.41, 5.74) is 8.69. The highest BCUT2D eigenvalue weighted by Gasteiger charge is 2.40. The van der Waals surface area contributed by atoms with Crippen molar-refractivity contribution in [3.63, 3.8) is 0 Å². The number of carbonyl (C=O) groups excluding carboxylic acids is 3. The van der Waals surface area contributed by atoms with Gasteiger partial charge in [0.1, 0.15) is 6.04 Å². The van der Waals surface area contributed by atoms with Gasteiger partial charge < -0.3 is 10.6 Å². The van der Waals surface area contributed by atoms with Gasteiger partial charge in [-0.25, -0.2) is 0 Å². The van der Waals surface area contributed by atoms with Crippen LogP contribution in [0.1, 0.15) is 60.0 Å². The van der Waals surface area contributed by atoms with Crippen molar-refractivity contribution in [2.24, 2.45) is 5.73 Å². The van der Waals surface area contributed by atoms with Gasteiger partial charge in [-0.15, -0.1) is 0 Å². The topological polar surface area (TPSA) is 95.7 Å². The van der Waals surface area contributed by atoms with E-state index < -0.39 is 6.04 Å². The molecule has 2 fully saturated rings. The first kappa shape index (κ1) is 19.1. The van der Waals surface area contributed by atoms with Gasteiger partial charge in [-0.2, -0.15) is 0 Å². The zero-order chi connectivity index (χ0) is 19.7. The molecule has 0 bridgehead atoms. The highest BCUT2D eigenvalue weighted by atomic mass is 16.2. The smallest absolute Gasteiger partial charge is 0.255 e. The number of hydrogen-bond donors (Lipinski definition) is 2. The normalized spacial score (nSPS) is 22.9. The molecule has 0 spiro atoms. The summed E-state index contributed by atoms with van der Waals surface area (Å²) in [6.45, 7) is 2.67. The Kier molecular flexibility index (Phi) is 5.46. The number of piperidine rings is 1. The molecule has 1 saturated carbocycles. The summed E-state index contributed by atoms with van der Waals surface area (Å²) in [7, 11) is 0. The highest BCUT2D eigenvalue weighted by Crippen LogP contribution is 2.32. The van der Waals surface area contributed by atoms with Gasteiger partial charge in [0.15, 0.2) is 0 Å². The molecule has 0 radical (unpaired) electrons. The van der Waals surface area contributed by atoms with Crippen LogP contribution in [-0.2, 0) is 22.7 Å². The van der Waals surface area contributed by atoms with E-state index in [1.165, 1.54) is 25.7 Å². The standard InChI is InChI=1S/C21H28N4O3/c22-10-11-24(15-5-1-2-6-15)12-14-4-3-7-16-17(14)13-25(21(16)28)18-8-9-19(26)23-20(18)27/h3-4,7,15,18H,1-2,5-6,8-13,22H2,(H,23,26,27). The maximum Gasteiger partial charge on any atom is 0.255 e. The van der Waals surface area contributed by atoms with E-state index in [-0.39, 0.29) is 24.1 Å². The molecular formula is C21H28N4O3. The van der Waals surface area contributed by atoms with E-state index in [9.17, 15) is 14.4 Å². The van der Waals surface area contributed by atoms with E-state index in [4.69, 9.17) is 5.73 Å². The average molecular weight is 384 g/mol. The Morgan fingerprint density at radius 3 is 2.64 bits per heavy atom. The van der Waals surface area contributed by atoms with E-state index in [1.54, 1.807) is 4.90 Å². The Balaban J connectivity index is 1.55. The molecular weight excluding hydrogens is 356 g/mol. The summed E-state index contributed by atoms with van der Waals surface area (Å²) < 4.78 is 0. The number of rotatable bonds is 6. The Bertz CT molecular complexity index is 788. The zero-order valence-electron chi connectivity index (χ0n) is 16.2. The number of nitrogens with two attached hydrogens (primary N) is 1. The Morgan fingerprint density at radius 1 is 1.14 bits per heavy atom. The summed E-state index contributed by atoms with van der Waals surface area (Å²) in [5, 5.41) is 2.36. The first-order valence-corrected chi connectivity index (χ1v) is 10.3. The van der Waals surface area contributed by atoms with Gasteiger partial charge in [0.25, 0.3) is 5.91 Å². The molecule has 3 N–H and O–H groups in total. The van der Waals surface area contributed by atoms with Crippen LogP contribution in [0.2, 0.25) is 0 Å². The van der Waals surface area contributed by atoms with Crippen LogP contribution >= 0.6 is 0 Å². The van der Waals surface area contributed by atoms with Crippen molar-refractivity contribution in [3.05, 3.63) is 34.9 Å². The summed E-state index contributed by atoms with van der Waals surface area (Å²) in [5.74, 6) is -0.743. The molecule has 1 aromatic rings. The number of nitrogens with one attached hydrogen (secondary N) is 1. The molecule has 1 atom stereocenters. The zero-order valence-corrected chi connectivity index (χ0v) is 16.2. The van der Waals surface area contributed by atoms with Crippen LogP contribution in [0, 0.1) is 0 Å². The maximum atomic E-state index is 13.0. The van der Waals surface area contributed by atoms with E-state index in [2.05, 4.69) is 16.3 Å². The van der Waals surface area contributed by atoms with E-state index in [0.717, 1.165) is 24.2 Å². The largest absolute Gasteiger partial charge is 0.329 e. The Labute approximate surface area is 165 Å². The molecule has 0 aromatic heterocycles. The van der Waals surface area contributed by atoms with Crippen molar-refractivity contribution in [1.29, 1.82) is 0 Å². The molecule has 1 saturated heterocycles. The molecule has 28 heavy (non-hydrogen) atoms. The van der Waals surface area contributed by atoms with Gasteiger partial charge in [-0.05, 0) is 36.5 Å². The van der Waals surface area contributed by atoms with Gasteiger partial charge in [0, 0.05) is 44.2 Å². The molecule has 7 heteroatoms. The van der Waals surface area contributed by atoms with E-state index in [0.29, 0.717) is 31.1 Å². The fourth-order valence-corrected chi connectivity index (χ4v) is 4.84. The molecule has 2 aliphatic heterocycles. The number of amides is 3. The summed E-state index contributed by atoms with van der Waals surface area (Å²) in [4.78, 5) is 40.7. The van der Waals surface area contributed by atoms with Crippen molar-refractivity contribution in [3.8, 4) is 0 Å². The lowest BCUT2D eigenvalue weighted by Crippen LogP contribution is -2.52. The van der Waals surface area contributed by atoms with Crippen molar-refractivity contribution < 1.29 is 14.4 Å². The number of carbonyl (C=O) groups is 3. The van der Waals surface area contributed by atoms with E-state index in [1.807, 2.05) is 12.1 Å². The molecule has 7 nitrogen and oxygen atoms in total. The first-order chi connectivity index (χ1) is 13.6. The lowest BCUT2D eigenvalue weighted by atomic mass is 10.0. The predicted octanol–water partition coefficient (Wildman–Crippen LogP) is 1.15. The van der Waals surface area contributed by atoms with Gasteiger partial charge in [-0.3, -0.25) is 24.6 Å². The van der Waals surface area contributed by atoms with Gasteiger partial charge >= 0.3 is 0 Å². The summed E-state index contributed by atoms with van der Waals surface area (Å²) in [6.07, 6.45) is 5.60. The fourth-order valence-electron chi connectivity index (χ4n) is 4.84. The summed E-state index contributed by atoms with van der Waals surface area (Å²) in [6, 6.07) is 5.84. The number of benzene rings is 1. The third-order valence-electron chi connectivity index (χ3n) is 6.31. The van der Waals surface area contributed by atoms with Crippen LogP contribution in [0.25, 0.3) is 0 Å².